The van der Waals surface area contributed by atoms with Gasteiger partial charge < -0.3 is 9.47 Å². The molecule has 4 rings (SSSR count). The van der Waals surface area contributed by atoms with Crippen LogP contribution in [0.2, 0.25) is 5.02 Å². The van der Waals surface area contributed by atoms with Gasteiger partial charge in [0.1, 0.15) is 0 Å². The van der Waals surface area contributed by atoms with Crippen molar-refractivity contribution in [3.05, 3.63) is 52.5 Å². The first kappa shape index (κ1) is 18.6. The third-order valence-electron chi connectivity index (χ3n) is 4.94. The highest BCUT2D eigenvalue weighted by Gasteiger charge is 2.29. The van der Waals surface area contributed by atoms with E-state index in [1.165, 1.54) is 0 Å². The van der Waals surface area contributed by atoms with Crippen LogP contribution in [0.25, 0.3) is 0 Å². The van der Waals surface area contributed by atoms with Crippen LogP contribution in [-0.2, 0) is 16.6 Å². The summed E-state index contributed by atoms with van der Waals surface area (Å²) < 4.78 is 38.1. The van der Waals surface area contributed by atoms with E-state index in [1.54, 1.807) is 22.5 Å². The zero-order valence-electron chi connectivity index (χ0n) is 15.0. The van der Waals surface area contributed by atoms with Gasteiger partial charge in [-0.25, -0.2) is 8.42 Å². The Morgan fingerprint density at radius 2 is 1.74 bits per heavy atom. The first-order chi connectivity index (χ1) is 12.9. The summed E-state index contributed by atoms with van der Waals surface area (Å²) in [5.74, 6) is 1.54. The van der Waals surface area contributed by atoms with Crippen LogP contribution in [0.5, 0.6) is 11.5 Å². The molecule has 0 spiro atoms. The Kier molecular flexibility index (Phi) is 5.03. The number of piperazine rings is 1. The van der Waals surface area contributed by atoms with Gasteiger partial charge in [0.25, 0.3) is 0 Å². The fraction of sp³-hybridized carbons (Fsp3) is 0.368. The molecule has 27 heavy (non-hydrogen) atoms. The molecular weight excluding hydrogens is 388 g/mol. The van der Waals surface area contributed by atoms with E-state index in [0.29, 0.717) is 36.1 Å². The lowest BCUT2D eigenvalue weighted by molar-refractivity contribution is 0.173. The molecule has 2 aliphatic heterocycles. The van der Waals surface area contributed by atoms with Gasteiger partial charge in [0.15, 0.2) is 11.5 Å². The second-order valence-electron chi connectivity index (χ2n) is 6.78. The molecule has 0 atom stereocenters. The van der Waals surface area contributed by atoms with Crippen LogP contribution < -0.4 is 9.47 Å². The molecule has 8 heteroatoms. The molecule has 1 fully saturated rings. The summed E-state index contributed by atoms with van der Waals surface area (Å²) in [7, 11) is -3.49. The van der Waals surface area contributed by atoms with Gasteiger partial charge in [-0.3, -0.25) is 4.90 Å². The summed E-state index contributed by atoms with van der Waals surface area (Å²) in [6, 6.07) is 10.8. The molecule has 0 aromatic heterocycles. The van der Waals surface area contributed by atoms with Crippen molar-refractivity contribution in [2.24, 2.45) is 0 Å². The Morgan fingerprint density at radius 1 is 1.00 bits per heavy atom. The van der Waals surface area contributed by atoms with Crippen molar-refractivity contribution in [2.45, 2.75) is 18.4 Å². The van der Waals surface area contributed by atoms with Gasteiger partial charge in [0.05, 0.1) is 4.90 Å². The second-order valence-corrected chi connectivity index (χ2v) is 9.12. The van der Waals surface area contributed by atoms with Gasteiger partial charge >= 0.3 is 0 Å². The largest absolute Gasteiger partial charge is 0.454 e. The number of ether oxygens (including phenoxy) is 2. The Hall–Kier alpha value is -1.80. The summed E-state index contributed by atoms with van der Waals surface area (Å²) in [6.45, 7) is 5.12. The molecule has 0 radical (unpaired) electrons. The Bertz CT molecular complexity index is 956. The highest BCUT2D eigenvalue weighted by molar-refractivity contribution is 7.89. The lowest BCUT2D eigenvalue weighted by Crippen LogP contribution is -2.48. The number of aryl methyl sites for hydroxylation is 1. The van der Waals surface area contributed by atoms with Crippen LogP contribution in [0.15, 0.2) is 41.3 Å². The molecule has 2 heterocycles. The molecule has 6 nitrogen and oxygen atoms in total. The first-order valence-electron chi connectivity index (χ1n) is 8.81. The molecule has 2 aromatic carbocycles. The smallest absolute Gasteiger partial charge is 0.243 e. The molecule has 2 aliphatic rings. The van der Waals surface area contributed by atoms with Crippen LogP contribution >= 0.6 is 11.6 Å². The molecule has 2 aromatic rings. The van der Waals surface area contributed by atoms with E-state index in [-0.39, 0.29) is 6.79 Å². The maximum Gasteiger partial charge on any atom is 0.243 e. The molecule has 0 N–H and O–H groups in total. The number of fused-ring (bicyclic) bond motifs is 1. The Morgan fingerprint density at radius 3 is 2.48 bits per heavy atom. The number of benzene rings is 2. The fourth-order valence-electron chi connectivity index (χ4n) is 3.35. The number of rotatable bonds is 4. The van der Waals surface area contributed by atoms with Gasteiger partial charge in [0, 0.05) is 37.7 Å². The number of nitrogens with zero attached hydrogens (tertiary/aromatic N) is 2. The van der Waals surface area contributed by atoms with Crippen molar-refractivity contribution in [2.75, 3.05) is 33.0 Å². The molecule has 1 saturated heterocycles. The van der Waals surface area contributed by atoms with Gasteiger partial charge in [-0.1, -0.05) is 17.7 Å². The number of halogens is 1. The van der Waals surface area contributed by atoms with Crippen LogP contribution in [0, 0.1) is 6.92 Å². The maximum absolute atomic E-state index is 12.9. The van der Waals surface area contributed by atoms with Crippen LogP contribution in [0.3, 0.4) is 0 Å². The molecule has 0 saturated carbocycles. The molecule has 144 valence electrons. The van der Waals surface area contributed by atoms with Crippen molar-refractivity contribution in [1.29, 1.82) is 0 Å². The average Bonchev–Trinajstić information content (AvgIpc) is 3.12. The van der Waals surface area contributed by atoms with Gasteiger partial charge in [-0.05, 0) is 48.4 Å². The number of sulfonamides is 1. The van der Waals surface area contributed by atoms with E-state index in [4.69, 9.17) is 21.1 Å². The van der Waals surface area contributed by atoms with E-state index in [2.05, 4.69) is 4.90 Å². The third-order valence-corrected chi connectivity index (χ3v) is 7.26. The lowest BCUT2D eigenvalue weighted by Gasteiger charge is -2.34. The monoisotopic (exact) mass is 408 g/mol. The first-order valence-corrected chi connectivity index (χ1v) is 10.6. The Labute approximate surface area is 164 Å². The van der Waals surface area contributed by atoms with E-state index < -0.39 is 10.0 Å². The van der Waals surface area contributed by atoms with Crippen LogP contribution in [0.1, 0.15) is 11.1 Å². The summed E-state index contributed by atoms with van der Waals surface area (Å²) >= 11 is 6.02. The van der Waals surface area contributed by atoms with Gasteiger partial charge in [0.2, 0.25) is 16.8 Å². The van der Waals surface area contributed by atoms with Crippen molar-refractivity contribution >= 4 is 21.6 Å². The quantitative estimate of drug-likeness (QED) is 0.778. The zero-order valence-corrected chi connectivity index (χ0v) is 16.6. The van der Waals surface area contributed by atoms with E-state index in [9.17, 15) is 8.42 Å². The average molecular weight is 409 g/mol. The second kappa shape index (κ2) is 7.31. The maximum atomic E-state index is 12.9. The summed E-state index contributed by atoms with van der Waals surface area (Å²) in [4.78, 5) is 2.55. The minimum absolute atomic E-state index is 0.263. The van der Waals surface area contributed by atoms with E-state index >= 15 is 0 Å². The normalized spacial score (nSPS) is 18.0. The molecule has 0 bridgehead atoms. The Balaban J connectivity index is 1.40. The standard InChI is InChI=1S/C19H21ClN2O4S/c1-14-10-16(3-4-17(14)20)27(23,24)22-8-6-21(7-9-22)12-15-2-5-18-19(11-15)26-13-25-18/h2-5,10-11H,6-9,12-13H2,1H3. The van der Waals surface area contributed by atoms with Crippen LogP contribution in [-0.4, -0.2) is 50.6 Å². The summed E-state index contributed by atoms with van der Waals surface area (Å²) in [6.07, 6.45) is 0. The van der Waals surface area contributed by atoms with Gasteiger partial charge in [-0.2, -0.15) is 4.31 Å². The van der Waals surface area contributed by atoms with E-state index in [0.717, 1.165) is 29.2 Å². The number of hydrogen-bond donors (Lipinski definition) is 0. The molecular formula is C19H21ClN2O4S. The lowest BCUT2D eigenvalue weighted by atomic mass is 10.2. The minimum Gasteiger partial charge on any atom is -0.454 e. The van der Waals surface area contributed by atoms with Crippen molar-refractivity contribution in [1.82, 2.24) is 9.21 Å². The van der Waals surface area contributed by atoms with Crippen molar-refractivity contribution < 1.29 is 17.9 Å². The summed E-state index contributed by atoms with van der Waals surface area (Å²) in [5.41, 5.74) is 1.89. The van der Waals surface area contributed by atoms with Gasteiger partial charge in [-0.15, -0.1) is 0 Å². The highest BCUT2D eigenvalue weighted by atomic mass is 35.5. The third kappa shape index (κ3) is 3.78. The topological polar surface area (TPSA) is 59.1 Å². The SMILES string of the molecule is Cc1cc(S(=O)(=O)N2CCN(Cc3ccc4c(c3)OCO4)CC2)ccc1Cl. The predicted molar refractivity (Wildman–Crippen MR) is 103 cm³/mol. The van der Waals surface area contributed by atoms with Crippen molar-refractivity contribution in [3.8, 4) is 11.5 Å². The molecule has 0 amide bonds. The molecule has 0 aliphatic carbocycles. The van der Waals surface area contributed by atoms with Crippen LogP contribution in [0.4, 0.5) is 0 Å². The minimum atomic E-state index is -3.49. The number of hydrogen-bond acceptors (Lipinski definition) is 5. The zero-order chi connectivity index (χ0) is 19.0. The summed E-state index contributed by atoms with van der Waals surface area (Å²) in [5, 5.41) is 0.572. The highest BCUT2D eigenvalue weighted by Crippen LogP contribution is 2.33. The predicted octanol–water partition coefficient (Wildman–Crippen LogP) is 2.88. The van der Waals surface area contributed by atoms with Crippen molar-refractivity contribution in [3.63, 3.8) is 0 Å². The fourth-order valence-corrected chi connectivity index (χ4v) is 4.98. The van der Waals surface area contributed by atoms with E-state index in [1.807, 2.05) is 25.1 Å². The molecule has 0 unspecified atom stereocenters.